The molecule has 0 heterocycles. The highest BCUT2D eigenvalue weighted by Crippen LogP contribution is 2.22. The molecule has 0 saturated heterocycles. The van der Waals surface area contributed by atoms with Crippen LogP contribution >= 0.6 is 0 Å². The Morgan fingerprint density at radius 2 is 1.96 bits per heavy atom. The van der Waals surface area contributed by atoms with Crippen LogP contribution in [0.15, 0.2) is 24.3 Å². The topological polar surface area (TPSA) is 113 Å². The Morgan fingerprint density at radius 1 is 1.30 bits per heavy atom. The van der Waals surface area contributed by atoms with Crippen LogP contribution in [0, 0.1) is 10.1 Å². The number of carbonyl (C=O) groups is 2. The largest absolute Gasteiger partial charge is 0.481 e. The van der Waals surface area contributed by atoms with Crippen LogP contribution < -0.4 is 5.32 Å². The van der Waals surface area contributed by atoms with Crippen LogP contribution in [0.1, 0.15) is 26.7 Å². The minimum absolute atomic E-state index is 0.0495. The SMILES string of the molecule is CC(C)N(CCC(=O)O)C(=O)CCNc1ccccc1[N+](=O)[O-]. The fourth-order valence-electron chi connectivity index (χ4n) is 2.12. The smallest absolute Gasteiger partial charge is 0.305 e. The Balaban J connectivity index is 2.58. The lowest BCUT2D eigenvalue weighted by Gasteiger charge is -2.26. The van der Waals surface area contributed by atoms with Crippen LogP contribution in [0.5, 0.6) is 0 Å². The average Bonchev–Trinajstić information content (AvgIpc) is 2.47. The molecule has 23 heavy (non-hydrogen) atoms. The summed E-state index contributed by atoms with van der Waals surface area (Å²) in [6, 6.07) is 6.10. The van der Waals surface area contributed by atoms with Gasteiger partial charge in [0.05, 0.1) is 11.3 Å². The van der Waals surface area contributed by atoms with Crippen molar-refractivity contribution in [2.24, 2.45) is 0 Å². The zero-order valence-electron chi connectivity index (χ0n) is 13.2. The number of anilines is 1. The molecular weight excluding hydrogens is 302 g/mol. The second-order valence-corrected chi connectivity index (χ2v) is 5.28. The van der Waals surface area contributed by atoms with Crippen LogP contribution in [-0.4, -0.2) is 45.9 Å². The molecule has 0 bridgehead atoms. The molecule has 0 aromatic heterocycles. The number of hydrogen-bond donors (Lipinski definition) is 2. The molecule has 0 fully saturated rings. The van der Waals surface area contributed by atoms with Crippen molar-refractivity contribution in [1.29, 1.82) is 0 Å². The summed E-state index contributed by atoms with van der Waals surface area (Å²) in [6.07, 6.45) is 0.0192. The molecular formula is C15H21N3O5. The molecule has 0 unspecified atom stereocenters. The Morgan fingerprint density at radius 3 is 2.52 bits per heavy atom. The van der Waals surface area contributed by atoms with Crippen LogP contribution in [0.4, 0.5) is 11.4 Å². The summed E-state index contributed by atoms with van der Waals surface area (Å²) in [4.78, 5) is 34.7. The van der Waals surface area contributed by atoms with Gasteiger partial charge in [-0.1, -0.05) is 12.1 Å². The Hall–Kier alpha value is -2.64. The van der Waals surface area contributed by atoms with E-state index in [9.17, 15) is 19.7 Å². The first kappa shape index (κ1) is 18.4. The zero-order valence-corrected chi connectivity index (χ0v) is 13.2. The van der Waals surface area contributed by atoms with E-state index in [4.69, 9.17) is 5.11 Å². The second kappa shape index (κ2) is 8.72. The van der Waals surface area contributed by atoms with Gasteiger partial charge in [0.25, 0.3) is 5.69 Å². The molecule has 0 aliphatic carbocycles. The van der Waals surface area contributed by atoms with Gasteiger partial charge in [0.15, 0.2) is 0 Å². The number of amides is 1. The van der Waals surface area contributed by atoms with Gasteiger partial charge in [-0.15, -0.1) is 0 Å². The molecule has 0 saturated carbocycles. The number of hydrogen-bond acceptors (Lipinski definition) is 5. The fraction of sp³-hybridized carbons (Fsp3) is 0.467. The predicted molar refractivity (Wildman–Crippen MR) is 85.3 cm³/mol. The molecule has 8 nitrogen and oxygen atoms in total. The van der Waals surface area contributed by atoms with Gasteiger partial charge >= 0.3 is 5.97 Å². The van der Waals surface area contributed by atoms with Gasteiger partial charge in [-0.3, -0.25) is 19.7 Å². The summed E-state index contributed by atoms with van der Waals surface area (Å²) in [5, 5.41) is 22.5. The third-order valence-corrected chi connectivity index (χ3v) is 3.27. The van der Waals surface area contributed by atoms with Gasteiger partial charge < -0.3 is 15.3 Å². The van der Waals surface area contributed by atoms with E-state index in [-0.39, 0.29) is 43.6 Å². The number of nitro benzene ring substituents is 1. The van der Waals surface area contributed by atoms with Gasteiger partial charge in [0, 0.05) is 31.6 Å². The maximum Gasteiger partial charge on any atom is 0.305 e. The van der Waals surface area contributed by atoms with E-state index in [0.717, 1.165) is 0 Å². The predicted octanol–water partition coefficient (Wildman–Crippen LogP) is 2.11. The molecule has 8 heteroatoms. The van der Waals surface area contributed by atoms with E-state index in [1.165, 1.54) is 11.0 Å². The minimum Gasteiger partial charge on any atom is -0.481 e. The van der Waals surface area contributed by atoms with Crippen LogP contribution in [0.25, 0.3) is 0 Å². The number of rotatable bonds is 9. The van der Waals surface area contributed by atoms with E-state index in [1.54, 1.807) is 18.2 Å². The first-order chi connectivity index (χ1) is 10.8. The summed E-state index contributed by atoms with van der Waals surface area (Å²) in [6.45, 7) is 4.02. The Kier molecular flexibility index (Phi) is 6.98. The first-order valence-corrected chi connectivity index (χ1v) is 7.31. The Labute approximate surface area is 134 Å². The molecule has 0 atom stereocenters. The molecule has 1 amide bonds. The maximum atomic E-state index is 12.2. The van der Waals surface area contributed by atoms with E-state index in [2.05, 4.69) is 5.32 Å². The molecule has 2 N–H and O–H groups in total. The van der Waals surface area contributed by atoms with E-state index < -0.39 is 10.9 Å². The number of benzene rings is 1. The minimum atomic E-state index is -0.957. The summed E-state index contributed by atoms with van der Waals surface area (Å²) in [7, 11) is 0. The van der Waals surface area contributed by atoms with Gasteiger partial charge in [-0.2, -0.15) is 0 Å². The number of carboxylic acid groups (broad SMARTS) is 1. The normalized spacial score (nSPS) is 10.4. The lowest BCUT2D eigenvalue weighted by molar-refractivity contribution is -0.384. The fourth-order valence-corrected chi connectivity index (χ4v) is 2.12. The standard InChI is InChI=1S/C15H21N3O5/c1-11(2)17(10-8-15(20)21)14(19)7-9-16-12-5-3-4-6-13(12)18(22)23/h3-6,11,16H,7-10H2,1-2H3,(H,20,21). The van der Waals surface area contributed by atoms with Crippen molar-refractivity contribution in [3.8, 4) is 0 Å². The quantitative estimate of drug-likeness (QED) is 0.531. The average molecular weight is 323 g/mol. The van der Waals surface area contributed by atoms with Crippen LogP contribution in [0.3, 0.4) is 0 Å². The molecule has 1 aromatic carbocycles. The molecule has 0 aliphatic rings. The molecule has 0 spiro atoms. The van der Waals surface area contributed by atoms with Crippen molar-refractivity contribution in [2.75, 3.05) is 18.4 Å². The van der Waals surface area contributed by atoms with Gasteiger partial charge in [0.1, 0.15) is 5.69 Å². The molecule has 126 valence electrons. The number of para-hydroxylation sites is 2. The van der Waals surface area contributed by atoms with Crippen LogP contribution in [0.2, 0.25) is 0 Å². The number of nitro groups is 1. The summed E-state index contributed by atoms with van der Waals surface area (Å²) in [5.41, 5.74) is 0.304. The number of nitrogens with zero attached hydrogens (tertiary/aromatic N) is 2. The lowest BCUT2D eigenvalue weighted by atomic mass is 10.2. The van der Waals surface area contributed by atoms with E-state index in [0.29, 0.717) is 5.69 Å². The third-order valence-electron chi connectivity index (χ3n) is 3.27. The zero-order chi connectivity index (χ0) is 17.4. The van der Waals surface area contributed by atoms with Crippen molar-refractivity contribution >= 4 is 23.3 Å². The molecule has 1 rings (SSSR count). The van der Waals surface area contributed by atoms with Crippen molar-refractivity contribution in [3.63, 3.8) is 0 Å². The number of nitrogens with one attached hydrogen (secondary N) is 1. The van der Waals surface area contributed by atoms with Gasteiger partial charge in [-0.05, 0) is 19.9 Å². The number of carbonyl (C=O) groups excluding carboxylic acids is 1. The van der Waals surface area contributed by atoms with Crippen molar-refractivity contribution in [1.82, 2.24) is 4.90 Å². The first-order valence-electron chi connectivity index (χ1n) is 7.31. The highest BCUT2D eigenvalue weighted by Gasteiger charge is 2.18. The number of aliphatic carboxylic acids is 1. The summed E-state index contributed by atoms with van der Waals surface area (Å²) in [5.74, 6) is -1.14. The van der Waals surface area contributed by atoms with E-state index >= 15 is 0 Å². The third kappa shape index (κ3) is 5.93. The maximum absolute atomic E-state index is 12.2. The Bertz CT molecular complexity index is 574. The van der Waals surface area contributed by atoms with Crippen molar-refractivity contribution in [2.45, 2.75) is 32.7 Å². The van der Waals surface area contributed by atoms with Crippen molar-refractivity contribution in [3.05, 3.63) is 34.4 Å². The second-order valence-electron chi connectivity index (χ2n) is 5.28. The van der Waals surface area contributed by atoms with Gasteiger partial charge in [-0.25, -0.2) is 0 Å². The lowest BCUT2D eigenvalue weighted by Crippen LogP contribution is -2.39. The molecule has 0 radical (unpaired) electrons. The van der Waals surface area contributed by atoms with E-state index in [1.807, 2.05) is 13.8 Å². The highest BCUT2D eigenvalue weighted by atomic mass is 16.6. The highest BCUT2D eigenvalue weighted by molar-refractivity contribution is 5.78. The molecule has 0 aliphatic heterocycles. The van der Waals surface area contributed by atoms with Crippen LogP contribution in [-0.2, 0) is 9.59 Å². The summed E-state index contributed by atoms with van der Waals surface area (Å²) < 4.78 is 0. The number of carboxylic acids is 1. The monoisotopic (exact) mass is 323 g/mol. The summed E-state index contributed by atoms with van der Waals surface area (Å²) >= 11 is 0. The van der Waals surface area contributed by atoms with Gasteiger partial charge in [0.2, 0.25) is 5.91 Å². The van der Waals surface area contributed by atoms with Crippen molar-refractivity contribution < 1.29 is 19.6 Å². The molecule has 1 aromatic rings.